The lowest BCUT2D eigenvalue weighted by Crippen LogP contribution is -1.92. The first-order valence-corrected chi connectivity index (χ1v) is 3.57. The second-order valence-corrected chi connectivity index (χ2v) is 2.45. The summed E-state index contributed by atoms with van der Waals surface area (Å²) < 4.78 is 0. The van der Waals surface area contributed by atoms with Gasteiger partial charge in [-0.15, -0.1) is 6.58 Å². The van der Waals surface area contributed by atoms with Crippen LogP contribution in [0.4, 0.5) is 0 Å². The van der Waals surface area contributed by atoms with E-state index in [0.717, 1.165) is 5.56 Å². The van der Waals surface area contributed by atoms with Gasteiger partial charge in [0.1, 0.15) is 0 Å². The maximum atomic E-state index is 8.77. The lowest BCUT2D eigenvalue weighted by atomic mass is 9.83. The van der Waals surface area contributed by atoms with E-state index >= 15 is 0 Å². The minimum absolute atomic E-state index is 0.0745. The Bertz CT molecular complexity index is 341. The molecule has 0 amide bonds. The molecule has 1 rings (SSSR count). The Kier molecular flexibility index (Phi) is 2.68. The van der Waals surface area contributed by atoms with Gasteiger partial charge < -0.3 is 5.02 Å². The predicted molar refractivity (Wildman–Crippen MR) is 49.6 cm³/mol. The van der Waals surface area contributed by atoms with Crippen LogP contribution in [-0.2, 0) is 0 Å². The van der Waals surface area contributed by atoms with E-state index in [1.807, 2.05) is 12.1 Å². The van der Waals surface area contributed by atoms with Gasteiger partial charge in [-0.3, -0.25) is 0 Å². The maximum Gasteiger partial charge on any atom is 0.304 e. The highest BCUT2D eigenvalue weighted by Crippen LogP contribution is 2.11. The molecule has 0 aliphatic rings. The van der Waals surface area contributed by atoms with Gasteiger partial charge in [-0.1, -0.05) is 17.6 Å². The zero-order valence-electron chi connectivity index (χ0n) is 6.62. The first kappa shape index (κ1) is 8.57. The Morgan fingerprint density at radius 3 is 2.92 bits per heavy atom. The third kappa shape index (κ3) is 1.74. The van der Waals surface area contributed by atoms with E-state index in [1.165, 1.54) is 0 Å². The Balaban J connectivity index is 3.04. The summed E-state index contributed by atoms with van der Waals surface area (Å²) in [5.74, 6) is 0. The van der Waals surface area contributed by atoms with E-state index in [1.54, 1.807) is 18.2 Å². The highest BCUT2D eigenvalue weighted by atomic mass is 16.2. The Morgan fingerprint density at radius 1 is 1.58 bits per heavy atom. The first-order chi connectivity index (χ1) is 5.77. The molecule has 0 saturated carbocycles. The van der Waals surface area contributed by atoms with Gasteiger partial charge in [0, 0.05) is 0 Å². The van der Waals surface area contributed by atoms with Gasteiger partial charge in [0.05, 0.1) is 11.6 Å². The Labute approximate surface area is 72.0 Å². The highest BCUT2D eigenvalue weighted by molar-refractivity contribution is 6.53. The van der Waals surface area contributed by atoms with E-state index in [0.29, 0.717) is 11.0 Å². The van der Waals surface area contributed by atoms with Gasteiger partial charge in [-0.25, -0.2) is 0 Å². The summed E-state index contributed by atoms with van der Waals surface area (Å²) in [5, 5.41) is 17.3. The zero-order chi connectivity index (χ0) is 8.97. The third-order valence-corrected chi connectivity index (χ3v) is 1.59. The zero-order valence-corrected chi connectivity index (χ0v) is 6.62. The number of hydrogen-bond donors (Lipinski definition) is 1. The number of benzene rings is 1. The lowest BCUT2D eigenvalue weighted by molar-refractivity contribution is 0.616. The van der Waals surface area contributed by atoms with Crippen molar-refractivity contribution in [2.45, 2.75) is 0 Å². The molecule has 1 aromatic rings. The fourth-order valence-corrected chi connectivity index (χ4v) is 0.900. The van der Waals surface area contributed by atoms with Gasteiger partial charge in [-0.2, -0.15) is 5.26 Å². The second kappa shape index (κ2) is 3.75. The van der Waals surface area contributed by atoms with Crippen LogP contribution >= 0.6 is 0 Å². The van der Waals surface area contributed by atoms with Crippen molar-refractivity contribution in [1.29, 1.82) is 5.26 Å². The van der Waals surface area contributed by atoms with Crippen molar-refractivity contribution in [1.82, 2.24) is 0 Å². The van der Waals surface area contributed by atoms with Crippen LogP contribution in [0.1, 0.15) is 11.1 Å². The van der Waals surface area contributed by atoms with Crippen LogP contribution in [0.25, 0.3) is 5.47 Å². The molecule has 0 aliphatic carbocycles. The van der Waals surface area contributed by atoms with Crippen LogP contribution in [0.15, 0.2) is 30.8 Å². The molecule has 1 aromatic carbocycles. The van der Waals surface area contributed by atoms with Crippen LogP contribution in [0.3, 0.4) is 0 Å². The molecule has 0 spiro atoms. The summed E-state index contributed by atoms with van der Waals surface area (Å²) in [6.07, 6.45) is 0. The normalized spacial score (nSPS) is 8.67. The summed E-state index contributed by atoms with van der Waals surface area (Å²) in [5.41, 5.74) is 2.03. The van der Waals surface area contributed by atoms with Crippen molar-refractivity contribution < 1.29 is 5.02 Å². The minimum atomic E-state index is -0.0745. The van der Waals surface area contributed by atoms with Crippen LogP contribution < -0.4 is 0 Å². The number of rotatable bonds is 2. The minimum Gasteiger partial charge on any atom is -0.449 e. The Morgan fingerprint density at radius 2 is 2.33 bits per heavy atom. The quantitative estimate of drug-likeness (QED) is 0.647. The number of nitrogens with zero attached hydrogens (tertiary/aromatic N) is 1. The van der Waals surface area contributed by atoms with Gasteiger partial charge in [0.2, 0.25) is 0 Å². The molecule has 0 atom stereocenters. The first-order valence-electron chi connectivity index (χ1n) is 3.57. The average molecular weight is 157 g/mol. The van der Waals surface area contributed by atoms with Gasteiger partial charge in [0.15, 0.2) is 0 Å². The highest BCUT2D eigenvalue weighted by Gasteiger charge is 1.99. The molecular formula is C9H8BNO. The van der Waals surface area contributed by atoms with Crippen LogP contribution in [0.5, 0.6) is 0 Å². The summed E-state index contributed by atoms with van der Waals surface area (Å²) >= 11 is 0. The summed E-state index contributed by atoms with van der Waals surface area (Å²) in [6.45, 7) is 3.66. The molecule has 0 bridgehead atoms. The standard InChI is InChI=1S/C9H8BNO/c1-7(10-12)9-4-2-3-8(5-9)6-11/h2-5,10,12H,1H2. The molecule has 58 valence electrons. The molecule has 3 heteroatoms. The van der Waals surface area contributed by atoms with E-state index in [-0.39, 0.29) is 7.48 Å². The molecule has 0 aliphatic heterocycles. The fourth-order valence-electron chi connectivity index (χ4n) is 0.900. The smallest absolute Gasteiger partial charge is 0.304 e. The molecule has 0 aromatic heterocycles. The van der Waals surface area contributed by atoms with Crippen molar-refractivity contribution in [3.63, 3.8) is 0 Å². The molecule has 0 fully saturated rings. The largest absolute Gasteiger partial charge is 0.449 e. The molecular weight excluding hydrogens is 149 g/mol. The summed E-state index contributed by atoms with van der Waals surface area (Å²) in [6, 6.07) is 9.04. The summed E-state index contributed by atoms with van der Waals surface area (Å²) in [4.78, 5) is 0. The van der Waals surface area contributed by atoms with Crippen LogP contribution in [0, 0.1) is 11.3 Å². The molecule has 0 radical (unpaired) electrons. The van der Waals surface area contributed by atoms with Gasteiger partial charge in [0.25, 0.3) is 0 Å². The summed E-state index contributed by atoms with van der Waals surface area (Å²) in [7, 11) is -0.0745. The van der Waals surface area contributed by atoms with Crippen molar-refractivity contribution >= 4 is 13.0 Å². The van der Waals surface area contributed by atoms with Crippen LogP contribution in [0.2, 0.25) is 0 Å². The topological polar surface area (TPSA) is 44.0 Å². The van der Waals surface area contributed by atoms with Crippen molar-refractivity contribution in [3.05, 3.63) is 42.0 Å². The van der Waals surface area contributed by atoms with Crippen molar-refractivity contribution in [3.8, 4) is 6.07 Å². The van der Waals surface area contributed by atoms with E-state index in [2.05, 4.69) is 6.58 Å². The van der Waals surface area contributed by atoms with E-state index in [9.17, 15) is 0 Å². The predicted octanol–water partition coefficient (Wildman–Crippen LogP) is 0.873. The van der Waals surface area contributed by atoms with Crippen molar-refractivity contribution in [2.75, 3.05) is 0 Å². The van der Waals surface area contributed by atoms with Gasteiger partial charge in [-0.05, 0) is 17.7 Å². The average Bonchev–Trinajstić information content (AvgIpc) is 2.17. The van der Waals surface area contributed by atoms with Crippen molar-refractivity contribution in [2.24, 2.45) is 0 Å². The lowest BCUT2D eigenvalue weighted by Gasteiger charge is -1.99. The molecule has 1 N–H and O–H groups in total. The molecule has 12 heavy (non-hydrogen) atoms. The molecule has 2 nitrogen and oxygen atoms in total. The van der Waals surface area contributed by atoms with E-state index in [4.69, 9.17) is 10.3 Å². The fraction of sp³-hybridized carbons (Fsp3) is 0. The van der Waals surface area contributed by atoms with Crippen LogP contribution in [-0.4, -0.2) is 12.5 Å². The monoisotopic (exact) mass is 157 g/mol. The number of hydrogen-bond acceptors (Lipinski definition) is 2. The SMILES string of the molecule is C=C(BO)c1cccc(C#N)c1. The molecule has 0 saturated heterocycles. The maximum absolute atomic E-state index is 8.77. The second-order valence-electron chi connectivity index (χ2n) is 2.45. The van der Waals surface area contributed by atoms with E-state index < -0.39 is 0 Å². The molecule has 0 unspecified atom stereocenters. The van der Waals surface area contributed by atoms with Gasteiger partial charge >= 0.3 is 7.48 Å². The molecule has 0 heterocycles. The number of nitriles is 1. The Hall–Kier alpha value is -1.53. The third-order valence-electron chi connectivity index (χ3n) is 1.59.